The average molecular weight is 450 g/mol. The molecule has 0 spiro atoms. The van der Waals surface area contributed by atoms with Crippen molar-refractivity contribution in [3.8, 4) is 5.88 Å². The van der Waals surface area contributed by atoms with Crippen LogP contribution in [0.2, 0.25) is 0 Å². The van der Waals surface area contributed by atoms with Crippen LogP contribution >= 0.6 is 0 Å². The summed E-state index contributed by atoms with van der Waals surface area (Å²) >= 11 is 0. The highest BCUT2D eigenvalue weighted by atomic mass is 16.5. The quantitative estimate of drug-likeness (QED) is 0.738. The van der Waals surface area contributed by atoms with Crippen molar-refractivity contribution in [2.45, 2.75) is 31.8 Å². The molecule has 2 amide bonds. The van der Waals surface area contributed by atoms with Gasteiger partial charge in [-0.15, -0.1) is 0 Å². The monoisotopic (exact) mass is 449 g/mol. The molecular formula is C25H31N5O3. The fraction of sp³-hybridized carbons (Fsp3) is 0.480. The molecule has 5 rings (SSSR count). The van der Waals surface area contributed by atoms with Gasteiger partial charge in [0.05, 0.1) is 18.6 Å². The lowest BCUT2D eigenvalue weighted by molar-refractivity contribution is -0.137. The van der Waals surface area contributed by atoms with Crippen molar-refractivity contribution in [1.82, 2.24) is 25.6 Å². The Morgan fingerprint density at radius 3 is 2.55 bits per heavy atom. The maximum Gasteiger partial charge on any atom is 0.255 e. The number of hydrogen-bond donors (Lipinski definition) is 2. The van der Waals surface area contributed by atoms with Gasteiger partial charge < -0.3 is 14.5 Å². The van der Waals surface area contributed by atoms with Crippen LogP contribution in [-0.4, -0.2) is 65.9 Å². The van der Waals surface area contributed by atoms with Crippen molar-refractivity contribution in [2.75, 3.05) is 33.3 Å². The van der Waals surface area contributed by atoms with Gasteiger partial charge in [0.15, 0.2) is 0 Å². The number of hydrazine groups is 1. The van der Waals surface area contributed by atoms with Crippen LogP contribution in [0.15, 0.2) is 42.6 Å². The number of nitrogens with one attached hydrogen (secondary N) is 2. The van der Waals surface area contributed by atoms with Crippen LogP contribution < -0.4 is 15.6 Å². The second kappa shape index (κ2) is 9.49. The van der Waals surface area contributed by atoms with E-state index in [0.717, 1.165) is 25.8 Å². The average Bonchev–Trinajstić information content (AvgIpc) is 3.38. The van der Waals surface area contributed by atoms with Crippen molar-refractivity contribution >= 4 is 11.8 Å². The van der Waals surface area contributed by atoms with E-state index in [1.165, 1.54) is 11.1 Å². The number of hydrogen-bond acceptors (Lipinski definition) is 6. The zero-order chi connectivity index (χ0) is 22.8. The van der Waals surface area contributed by atoms with Gasteiger partial charge in [0.25, 0.3) is 5.91 Å². The number of methoxy groups -OCH3 is 1. The first-order valence-electron chi connectivity index (χ1n) is 11.8. The fourth-order valence-electron chi connectivity index (χ4n) is 5.39. The number of fused-ring (bicyclic) bond motifs is 1. The molecule has 2 N–H and O–H groups in total. The molecule has 3 aliphatic rings. The minimum Gasteiger partial charge on any atom is -0.481 e. The molecular weight excluding hydrogens is 418 g/mol. The van der Waals surface area contributed by atoms with E-state index in [-0.39, 0.29) is 23.8 Å². The third-order valence-corrected chi connectivity index (χ3v) is 7.31. The molecule has 33 heavy (non-hydrogen) atoms. The zero-order valence-electron chi connectivity index (χ0n) is 19.0. The first-order valence-corrected chi connectivity index (χ1v) is 11.8. The first kappa shape index (κ1) is 21.9. The smallest absolute Gasteiger partial charge is 0.255 e. The molecule has 8 heteroatoms. The van der Waals surface area contributed by atoms with E-state index in [4.69, 9.17) is 4.74 Å². The predicted octanol–water partition coefficient (Wildman–Crippen LogP) is 1.62. The maximum absolute atomic E-state index is 13.4. The number of likely N-dealkylation sites (tertiary alicyclic amines) is 1. The number of carbonyl (C=O) groups is 2. The van der Waals surface area contributed by atoms with Gasteiger partial charge in [0.2, 0.25) is 11.8 Å². The van der Waals surface area contributed by atoms with E-state index in [1.807, 2.05) is 15.9 Å². The van der Waals surface area contributed by atoms with Crippen LogP contribution in [0.5, 0.6) is 5.88 Å². The number of amides is 2. The van der Waals surface area contributed by atoms with Crippen LogP contribution in [0, 0.1) is 11.8 Å². The lowest BCUT2D eigenvalue weighted by atomic mass is 9.82. The minimum atomic E-state index is -0.0756. The second-order valence-electron chi connectivity index (χ2n) is 9.15. The van der Waals surface area contributed by atoms with Crippen LogP contribution in [0.1, 0.15) is 34.3 Å². The number of carbonyl (C=O) groups excluding carboxylic acids is 2. The number of rotatable bonds is 4. The summed E-state index contributed by atoms with van der Waals surface area (Å²) in [4.78, 5) is 34.4. The largest absolute Gasteiger partial charge is 0.481 e. The number of ether oxygens (including phenoxy) is 1. The van der Waals surface area contributed by atoms with Crippen LogP contribution in [0.4, 0.5) is 0 Å². The van der Waals surface area contributed by atoms with Crippen LogP contribution in [-0.2, 0) is 17.8 Å². The van der Waals surface area contributed by atoms with Crippen LogP contribution in [0.3, 0.4) is 0 Å². The topological polar surface area (TPSA) is 86.8 Å². The molecule has 2 fully saturated rings. The molecule has 0 bridgehead atoms. The summed E-state index contributed by atoms with van der Waals surface area (Å²) in [5.41, 5.74) is 9.80. The summed E-state index contributed by atoms with van der Waals surface area (Å²) in [6, 6.07) is 12.0. The zero-order valence-corrected chi connectivity index (χ0v) is 19.0. The third-order valence-electron chi connectivity index (χ3n) is 7.31. The SMILES string of the molecule is COc1ccc(C(=O)N2CCC(C3NNCC3C(=O)N3CCc4ccccc4C3)CC2)cn1. The van der Waals surface area contributed by atoms with Crippen LogP contribution in [0.25, 0.3) is 0 Å². The lowest BCUT2D eigenvalue weighted by Crippen LogP contribution is -2.50. The van der Waals surface area contributed by atoms with E-state index in [2.05, 4.69) is 34.0 Å². The molecule has 3 aliphatic heterocycles. The molecule has 1 aromatic heterocycles. The summed E-state index contributed by atoms with van der Waals surface area (Å²) in [5, 5.41) is 0. The number of pyridine rings is 1. The second-order valence-corrected chi connectivity index (χ2v) is 9.15. The summed E-state index contributed by atoms with van der Waals surface area (Å²) in [6.45, 7) is 3.50. The van der Waals surface area contributed by atoms with Crippen molar-refractivity contribution < 1.29 is 14.3 Å². The highest BCUT2D eigenvalue weighted by molar-refractivity contribution is 5.94. The molecule has 0 saturated carbocycles. The molecule has 4 heterocycles. The number of nitrogens with zero attached hydrogens (tertiary/aromatic N) is 3. The third kappa shape index (κ3) is 4.45. The number of aromatic nitrogens is 1. The standard InChI is InChI=1S/C25H31N5O3/c1-33-22-7-6-19(14-26-22)24(31)29-11-9-18(10-12-29)23-21(15-27-28-23)25(32)30-13-8-17-4-2-3-5-20(17)16-30/h2-7,14,18,21,23,27-28H,8-13,15-16H2,1H3. The Balaban J connectivity index is 1.19. The van der Waals surface area contributed by atoms with Gasteiger partial charge in [-0.3, -0.25) is 20.4 Å². The van der Waals surface area contributed by atoms with E-state index in [0.29, 0.717) is 43.5 Å². The lowest BCUT2D eigenvalue weighted by Gasteiger charge is -2.38. The minimum absolute atomic E-state index is 0.000664. The summed E-state index contributed by atoms with van der Waals surface area (Å²) in [5.74, 6) is 1.01. The molecule has 1 aromatic carbocycles. The van der Waals surface area contributed by atoms with Crippen molar-refractivity contribution in [3.05, 3.63) is 59.3 Å². The Bertz CT molecular complexity index is 1000. The predicted molar refractivity (Wildman–Crippen MR) is 123 cm³/mol. The van der Waals surface area contributed by atoms with E-state index in [1.54, 1.807) is 25.4 Å². The van der Waals surface area contributed by atoms with Crippen molar-refractivity contribution in [2.24, 2.45) is 11.8 Å². The molecule has 8 nitrogen and oxygen atoms in total. The maximum atomic E-state index is 13.4. The van der Waals surface area contributed by atoms with Gasteiger partial charge in [-0.25, -0.2) is 4.98 Å². The molecule has 2 aromatic rings. The Labute approximate surface area is 194 Å². The van der Waals surface area contributed by atoms with Gasteiger partial charge in [0, 0.05) is 51.0 Å². The van der Waals surface area contributed by atoms with Crippen molar-refractivity contribution in [3.63, 3.8) is 0 Å². The molecule has 2 unspecified atom stereocenters. The summed E-state index contributed by atoms with van der Waals surface area (Å²) in [6.07, 6.45) is 4.24. The molecule has 2 atom stereocenters. The molecule has 2 saturated heterocycles. The fourth-order valence-corrected chi connectivity index (χ4v) is 5.39. The Morgan fingerprint density at radius 2 is 1.82 bits per heavy atom. The highest BCUT2D eigenvalue weighted by Gasteiger charge is 2.41. The Hall–Kier alpha value is -2.97. The van der Waals surface area contributed by atoms with E-state index >= 15 is 0 Å². The Morgan fingerprint density at radius 1 is 1.03 bits per heavy atom. The number of benzene rings is 1. The van der Waals surface area contributed by atoms with Gasteiger partial charge >= 0.3 is 0 Å². The van der Waals surface area contributed by atoms with Gasteiger partial charge in [-0.2, -0.15) is 0 Å². The highest BCUT2D eigenvalue weighted by Crippen LogP contribution is 2.30. The molecule has 0 aliphatic carbocycles. The first-order chi connectivity index (χ1) is 16.1. The molecule has 174 valence electrons. The van der Waals surface area contributed by atoms with Gasteiger partial charge in [-0.05, 0) is 42.4 Å². The Kier molecular flexibility index (Phi) is 6.28. The molecule has 0 radical (unpaired) electrons. The number of piperidine rings is 1. The summed E-state index contributed by atoms with van der Waals surface area (Å²) < 4.78 is 5.08. The van der Waals surface area contributed by atoms with Gasteiger partial charge in [-0.1, -0.05) is 24.3 Å². The van der Waals surface area contributed by atoms with E-state index < -0.39 is 0 Å². The van der Waals surface area contributed by atoms with Gasteiger partial charge in [0.1, 0.15) is 0 Å². The van der Waals surface area contributed by atoms with E-state index in [9.17, 15) is 9.59 Å². The normalized spacial score (nSPS) is 23.3. The summed E-state index contributed by atoms with van der Waals surface area (Å²) in [7, 11) is 1.56. The van der Waals surface area contributed by atoms with Crippen molar-refractivity contribution in [1.29, 1.82) is 0 Å².